The number of ether oxygens (including phenoxy) is 2. The van der Waals surface area contributed by atoms with Gasteiger partial charge in [0.15, 0.2) is 6.61 Å². The summed E-state index contributed by atoms with van der Waals surface area (Å²) in [5.74, 6) is 2.58. The lowest BCUT2D eigenvalue weighted by molar-refractivity contribution is -0.125. The zero-order chi connectivity index (χ0) is 20.2. The molecule has 0 heterocycles. The molecule has 0 spiro atoms. The van der Waals surface area contributed by atoms with Crippen molar-refractivity contribution >= 4 is 11.9 Å². The molecular weight excluding hydrogens is 366 g/mol. The van der Waals surface area contributed by atoms with E-state index < -0.39 is 5.97 Å². The molecule has 1 N–H and O–H groups in total. The largest absolute Gasteiger partial charge is 0.457 e. The maximum atomic E-state index is 12.3. The van der Waals surface area contributed by atoms with Crippen LogP contribution in [0.25, 0.3) is 0 Å². The van der Waals surface area contributed by atoms with E-state index >= 15 is 0 Å². The number of esters is 1. The van der Waals surface area contributed by atoms with Crippen LogP contribution in [0.5, 0.6) is 11.5 Å². The highest BCUT2D eigenvalue weighted by Gasteiger charge is 2.42. The molecule has 0 radical (unpaired) electrons. The van der Waals surface area contributed by atoms with Crippen LogP contribution in [0, 0.1) is 17.8 Å². The molecule has 29 heavy (non-hydrogen) atoms. The van der Waals surface area contributed by atoms with Crippen molar-refractivity contribution < 1.29 is 19.1 Å². The predicted molar refractivity (Wildman–Crippen MR) is 110 cm³/mol. The highest BCUT2D eigenvalue weighted by molar-refractivity contribution is 5.91. The molecule has 2 aliphatic rings. The van der Waals surface area contributed by atoms with Gasteiger partial charge in [0, 0.05) is 6.04 Å². The standard InChI is InChI=1S/C24H27NO4/c1-16(22-13-17-10-11-18(22)12-17)25-23(26)15-28-24(27)19-6-5-9-21(14-19)29-20-7-3-2-4-8-20/h2-9,14,16-18,22H,10-13,15H2,1H3,(H,25,26)/t16-,17+,18+,22-/m1/s1. The molecule has 2 aromatic carbocycles. The number of rotatable bonds is 7. The molecule has 152 valence electrons. The minimum atomic E-state index is -0.536. The Balaban J connectivity index is 1.27. The van der Waals surface area contributed by atoms with Gasteiger partial charge in [0.2, 0.25) is 0 Å². The van der Waals surface area contributed by atoms with Crippen LogP contribution in [0.4, 0.5) is 0 Å². The zero-order valence-electron chi connectivity index (χ0n) is 16.7. The van der Waals surface area contributed by atoms with Crippen LogP contribution < -0.4 is 10.1 Å². The number of amides is 1. The Hall–Kier alpha value is -2.82. The predicted octanol–water partition coefficient (Wildman–Crippen LogP) is 4.58. The van der Waals surface area contributed by atoms with Gasteiger partial charge in [-0.25, -0.2) is 4.79 Å². The summed E-state index contributed by atoms with van der Waals surface area (Å²) in [5, 5.41) is 3.02. The van der Waals surface area contributed by atoms with Gasteiger partial charge in [0.05, 0.1) is 5.56 Å². The third-order valence-corrected chi connectivity index (χ3v) is 6.21. The van der Waals surface area contributed by atoms with Gasteiger partial charge < -0.3 is 14.8 Å². The van der Waals surface area contributed by atoms with Crippen molar-refractivity contribution in [3.8, 4) is 11.5 Å². The van der Waals surface area contributed by atoms with Crippen molar-refractivity contribution in [1.82, 2.24) is 5.32 Å². The first-order chi connectivity index (χ1) is 14.1. The summed E-state index contributed by atoms with van der Waals surface area (Å²) >= 11 is 0. The fourth-order valence-corrected chi connectivity index (χ4v) is 4.83. The van der Waals surface area contributed by atoms with E-state index in [0.717, 1.165) is 11.8 Å². The summed E-state index contributed by atoms with van der Waals surface area (Å²) in [7, 11) is 0. The first kappa shape index (κ1) is 19.5. The highest BCUT2D eigenvalue weighted by Crippen LogP contribution is 2.49. The zero-order valence-corrected chi connectivity index (χ0v) is 16.7. The van der Waals surface area contributed by atoms with Crippen LogP contribution in [0.15, 0.2) is 54.6 Å². The second-order valence-electron chi connectivity index (χ2n) is 8.21. The molecule has 2 aliphatic carbocycles. The molecule has 4 atom stereocenters. The second-order valence-corrected chi connectivity index (χ2v) is 8.21. The fourth-order valence-electron chi connectivity index (χ4n) is 4.83. The molecule has 0 aliphatic heterocycles. The lowest BCUT2D eigenvalue weighted by Gasteiger charge is -2.28. The average molecular weight is 393 g/mol. The SMILES string of the molecule is C[C@@H](NC(=O)COC(=O)c1cccc(Oc2ccccc2)c1)[C@H]1C[C@H]2CC[C@H]1C2. The topological polar surface area (TPSA) is 64.6 Å². The molecule has 0 unspecified atom stereocenters. The Bertz CT molecular complexity index is 866. The molecule has 2 fully saturated rings. The number of para-hydroxylation sites is 1. The van der Waals surface area contributed by atoms with Crippen molar-refractivity contribution in [1.29, 1.82) is 0 Å². The third kappa shape index (κ3) is 4.78. The Morgan fingerprint density at radius 1 is 1.03 bits per heavy atom. The maximum Gasteiger partial charge on any atom is 0.338 e. The third-order valence-electron chi connectivity index (χ3n) is 6.21. The van der Waals surface area contributed by atoms with Gasteiger partial charge in [-0.1, -0.05) is 30.7 Å². The number of fused-ring (bicyclic) bond motifs is 2. The van der Waals surface area contributed by atoms with Crippen LogP contribution in [0.3, 0.4) is 0 Å². The van der Waals surface area contributed by atoms with Crippen molar-refractivity contribution in [2.45, 2.75) is 38.6 Å². The van der Waals surface area contributed by atoms with Gasteiger partial charge >= 0.3 is 5.97 Å². The number of hydrogen-bond acceptors (Lipinski definition) is 4. The van der Waals surface area contributed by atoms with E-state index in [2.05, 4.69) is 12.2 Å². The average Bonchev–Trinajstić information content (AvgIpc) is 3.37. The number of carbonyl (C=O) groups is 2. The Morgan fingerprint density at radius 2 is 1.83 bits per heavy atom. The number of hydrogen-bond donors (Lipinski definition) is 1. The number of carbonyl (C=O) groups excluding carboxylic acids is 2. The van der Waals surface area contributed by atoms with Crippen molar-refractivity contribution in [2.24, 2.45) is 17.8 Å². The van der Waals surface area contributed by atoms with Gasteiger partial charge in [-0.2, -0.15) is 0 Å². The molecule has 2 bridgehead atoms. The van der Waals surface area contributed by atoms with Gasteiger partial charge in [-0.15, -0.1) is 0 Å². The molecule has 0 saturated heterocycles. The smallest absolute Gasteiger partial charge is 0.338 e. The van der Waals surface area contributed by atoms with Crippen LogP contribution >= 0.6 is 0 Å². The van der Waals surface area contributed by atoms with Gasteiger partial charge in [-0.3, -0.25) is 4.79 Å². The first-order valence-corrected chi connectivity index (χ1v) is 10.4. The van der Waals surface area contributed by atoms with Crippen LogP contribution in [-0.4, -0.2) is 24.5 Å². The molecular formula is C24H27NO4. The maximum absolute atomic E-state index is 12.3. The summed E-state index contributed by atoms with van der Waals surface area (Å²) in [6.45, 7) is 1.79. The lowest BCUT2D eigenvalue weighted by atomic mass is 9.84. The minimum Gasteiger partial charge on any atom is -0.457 e. The summed E-state index contributed by atoms with van der Waals surface area (Å²) < 4.78 is 11.0. The normalized spacial score (nSPS) is 23.4. The van der Waals surface area contributed by atoms with Gasteiger partial charge in [-0.05, 0) is 74.3 Å². The molecule has 5 heteroatoms. The molecule has 5 nitrogen and oxygen atoms in total. The number of benzene rings is 2. The van der Waals surface area contributed by atoms with E-state index in [1.165, 1.54) is 25.7 Å². The van der Waals surface area contributed by atoms with Crippen molar-refractivity contribution in [3.05, 3.63) is 60.2 Å². The van der Waals surface area contributed by atoms with E-state index in [9.17, 15) is 9.59 Å². The number of nitrogens with one attached hydrogen (secondary N) is 1. The highest BCUT2D eigenvalue weighted by atomic mass is 16.5. The summed E-state index contributed by atoms with van der Waals surface area (Å²) in [6.07, 6.45) is 5.14. The lowest BCUT2D eigenvalue weighted by Crippen LogP contribution is -2.42. The quantitative estimate of drug-likeness (QED) is 0.700. The van der Waals surface area contributed by atoms with E-state index in [-0.39, 0.29) is 18.6 Å². The molecule has 2 saturated carbocycles. The summed E-state index contributed by atoms with van der Waals surface area (Å²) in [6, 6.07) is 16.2. The Morgan fingerprint density at radius 3 is 2.55 bits per heavy atom. The van der Waals surface area contributed by atoms with E-state index in [4.69, 9.17) is 9.47 Å². The Kier molecular flexibility index (Phi) is 5.84. The van der Waals surface area contributed by atoms with Crippen LogP contribution in [0.1, 0.15) is 43.0 Å². The van der Waals surface area contributed by atoms with Crippen LogP contribution in [0.2, 0.25) is 0 Å². The summed E-state index contributed by atoms with van der Waals surface area (Å²) in [4.78, 5) is 24.6. The van der Waals surface area contributed by atoms with Crippen molar-refractivity contribution in [3.63, 3.8) is 0 Å². The summed E-state index contributed by atoms with van der Waals surface area (Å²) in [5.41, 5.74) is 0.354. The van der Waals surface area contributed by atoms with Gasteiger partial charge in [0.25, 0.3) is 5.91 Å². The van der Waals surface area contributed by atoms with E-state index in [0.29, 0.717) is 23.0 Å². The molecule has 1 amide bonds. The van der Waals surface area contributed by atoms with Crippen LogP contribution in [-0.2, 0) is 9.53 Å². The first-order valence-electron chi connectivity index (χ1n) is 10.4. The van der Waals surface area contributed by atoms with E-state index in [1.807, 2.05) is 30.3 Å². The monoisotopic (exact) mass is 393 g/mol. The minimum absolute atomic E-state index is 0.124. The van der Waals surface area contributed by atoms with Gasteiger partial charge in [0.1, 0.15) is 11.5 Å². The fraction of sp³-hybridized carbons (Fsp3) is 0.417. The second kappa shape index (κ2) is 8.68. The Labute approximate surface area is 171 Å². The molecule has 4 rings (SSSR count). The van der Waals surface area contributed by atoms with Crippen molar-refractivity contribution in [2.75, 3.05) is 6.61 Å². The molecule has 0 aromatic heterocycles. The van der Waals surface area contributed by atoms with E-state index in [1.54, 1.807) is 24.3 Å². The molecule has 2 aromatic rings.